The number of hydrogen-bond acceptors (Lipinski definition) is 5. The number of anilines is 1. The summed E-state index contributed by atoms with van der Waals surface area (Å²) in [6.45, 7) is 1.56. The highest BCUT2D eigenvalue weighted by Crippen LogP contribution is 2.24. The number of hydrogen-bond donors (Lipinski definition) is 2. The number of aryl methyl sites for hydroxylation is 1. The Balaban J connectivity index is 1.61. The highest BCUT2D eigenvalue weighted by atomic mass is 19.1. The van der Waals surface area contributed by atoms with E-state index in [1.54, 1.807) is 13.0 Å². The molecule has 0 bridgehead atoms. The van der Waals surface area contributed by atoms with Gasteiger partial charge in [-0.1, -0.05) is 42.5 Å². The predicted molar refractivity (Wildman–Crippen MR) is 110 cm³/mol. The summed E-state index contributed by atoms with van der Waals surface area (Å²) in [6.07, 6.45) is 0. The van der Waals surface area contributed by atoms with Gasteiger partial charge in [0.05, 0.1) is 6.54 Å². The van der Waals surface area contributed by atoms with Crippen molar-refractivity contribution >= 4 is 17.8 Å². The molecule has 31 heavy (non-hydrogen) atoms. The van der Waals surface area contributed by atoms with Gasteiger partial charge in [0.1, 0.15) is 12.4 Å². The van der Waals surface area contributed by atoms with Crippen molar-refractivity contribution in [3.8, 4) is 5.75 Å². The molecule has 0 unspecified atom stereocenters. The van der Waals surface area contributed by atoms with Gasteiger partial charge in [-0.2, -0.15) is 0 Å². The van der Waals surface area contributed by atoms with Crippen LogP contribution in [0.2, 0.25) is 0 Å². The van der Waals surface area contributed by atoms with Crippen molar-refractivity contribution < 1.29 is 19.1 Å². The molecule has 0 radical (unpaired) electrons. The number of carbonyl (C=O) groups is 2. The molecule has 0 saturated carbocycles. The third kappa shape index (κ3) is 3.89. The summed E-state index contributed by atoms with van der Waals surface area (Å²) in [5.74, 6) is -2.33. The lowest BCUT2D eigenvalue weighted by Gasteiger charge is -2.16. The summed E-state index contributed by atoms with van der Waals surface area (Å²) in [5.41, 5.74) is 0.563. The van der Waals surface area contributed by atoms with Gasteiger partial charge >= 0.3 is 0 Å². The van der Waals surface area contributed by atoms with Gasteiger partial charge in [-0.25, -0.2) is 9.37 Å². The molecule has 1 aliphatic rings. The van der Waals surface area contributed by atoms with E-state index in [9.17, 15) is 23.9 Å². The molecule has 0 saturated heterocycles. The van der Waals surface area contributed by atoms with E-state index >= 15 is 0 Å². The first-order valence-electron chi connectivity index (χ1n) is 9.56. The Hall–Kier alpha value is -4.01. The Morgan fingerprint density at radius 2 is 1.90 bits per heavy atom. The molecular weight excluding hydrogens is 403 g/mol. The first kappa shape index (κ1) is 20.3. The second-order valence-electron chi connectivity index (χ2n) is 7.23. The van der Waals surface area contributed by atoms with E-state index in [2.05, 4.69) is 10.3 Å². The fraction of sp³-hybridized carbons (Fsp3) is 0.182. The summed E-state index contributed by atoms with van der Waals surface area (Å²) in [7, 11) is 0. The maximum absolute atomic E-state index is 13.4. The third-order valence-corrected chi connectivity index (χ3v) is 5.04. The first-order chi connectivity index (χ1) is 14.8. The smallest absolute Gasteiger partial charge is 0.298 e. The van der Waals surface area contributed by atoms with Crippen LogP contribution in [0.4, 0.5) is 10.3 Å². The number of carbonyl (C=O) groups excluding carboxylic acids is 2. The SMILES string of the molecule is Cc1cc(CNC(=O)c2nc3n(c(=O)c2O)CC(=O)N3Cc2ccccc2)ccc1F. The lowest BCUT2D eigenvalue weighted by atomic mass is 10.1. The van der Waals surface area contributed by atoms with Gasteiger partial charge < -0.3 is 10.4 Å². The number of benzene rings is 2. The molecule has 4 rings (SSSR count). The number of aromatic nitrogens is 2. The maximum atomic E-state index is 13.4. The Labute approximate surface area is 176 Å². The summed E-state index contributed by atoms with van der Waals surface area (Å²) in [4.78, 5) is 43.1. The Morgan fingerprint density at radius 3 is 2.61 bits per heavy atom. The zero-order valence-corrected chi connectivity index (χ0v) is 16.6. The van der Waals surface area contributed by atoms with E-state index in [0.717, 1.165) is 10.1 Å². The van der Waals surface area contributed by atoms with Crippen molar-refractivity contribution in [3.63, 3.8) is 0 Å². The average molecular weight is 422 g/mol. The Morgan fingerprint density at radius 1 is 1.16 bits per heavy atom. The lowest BCUT2D eigenvalue weighted by Crippen LogP contribution is -2.30. The zero-order valence-electron chi connectivity index (χ0n) is 16.6. The topological polar surface area (TPSA) is 105 Å². The number of aromatic hydroxyl groups is 1. The number of amides is 2. The zero-order chi connectivity index (χ0) is 22.1. The van der Waals surface area contributed by atoms with Crippen LogP contribution in [0, 0.1) is 12.7 Å². The molecule has 2 aromatic carbocycles. The molecule has 2 heterocycles. The van der Waals surface area contributed by atoms with E-state index in [4.69, 9.17) is 0 Å². The average Bonchev–Trinajstić information content (AvgIpc) is 3.07. The summed E-state index contributed by atoms with van der Waals surface area (Å²) in [6, 6.07) is 13.5. The fourth-order valence-corrected chi connectivity index (χ4v) is 3.38. The van der Waals surface area contributed by atoms with E-state index < -0.39 is 22.9 Å². The molecule has 158 valence electrons. The summed E-state index contributed by atoms with van der Waals surface area (Å²) in [5, 5.41) is 12.8. The molecule has 0 atom stereocenters. The van der Waals surface area contributed by atoms with Gasteiger partial charge in [0.25, 0.3) is 11.5 Å². The minimum Gasteiger partial charge on any atom is -0.501 e. The van der Waals surface area contributed by atoms with Gasteiger partial charge in [0.15, 0.2) is 5.69 Å². The molecule has 0 spiro atoms. The van der Waals surface area contributed by atoms with E-state index in [-0.39, 0.29) is 37.3 Å². The van der Waals surface area contributed by atoms with Crippen molar-refractivity contribution in [1.29, 1.82) is 0 Å². The third-order valence-electron chi connectivity index (χ3n) is 5.04. The molecule has 1 aliphatic heterocycles. The van der Waals surface area contributed by atoms with Gasteiger partial charge in [-0.15, -0.1) is 0 Å². The number of nitrogens with one attached hydrogen (secondary N) is 1. The van der Waals surface area contributed by atoms with Crippen LogP contribution in [0.1, 0.15) is 27.2 Å². The number of rotatable bonds is 5. The van der Waals surface area contributed by atoms with Crippen LogP contribution in [0.5, 0.6) is 5.75 Å². The van der Waals surface area contributed by atoms with Crippen molar-refractivity contribution in [3.05, 3.63) is 87.1 Å². The second-order valence-corrected chi connectivity index (χ2v) is 7.23. The monoisotopic (exact) mass is 422 g/mol. The summed E-state index contributed by atoms with van der Waals surface area (Å²) >= 11 is 0. The van der Waals surface area contributed by atoms with Crippen LogP contribution >= 0.6 is 0 Å². The highest BCUT2D eigenvalue weighted by molar-refractivity contribution is 5.98. The molecule has 2 N–H and O–H groups in total. The minimum atomic E-state index is -0.864. The van der Waals surface area contributed by atoms with Crippen LogP contribution in [0.3, 0.4) is 0 Å². The van der Waals surface area contributed by atoms with Crippen molar-refractivity contribution in [1.82, 2.24) is 14.9 Å². The van der Waals surface area contributed by atoms with Gasteiger partial charge in [-0.3, -0.25) is 23.9 Å². The largest absolute Gasteiger partial charge is 0.501 e. The quantitative estimate of drug-likeness (QED) is 0.653. The molecule has 2 amide bonds. The van der Waals surface area contributed by atoms with Crippen molar-refractivity contribution in [2.24, 2.45) is 0 Å². The summed E-state index contributed by atoms with van der Waals surface area (Å²) < 4.78 is 14.5. The predicted octanol–water partition coefficient (Wildman–Crippen LogP) is 1.87. The van der Waals surface area contributed by atoms with Crippen molar-refractivity contribution in [2.45, 2.75) is 26.6 Å². The van der Waals surface area contributed by atoms with Crippen LogP contribution in [-0.4, -0.2) is 26.5 Å². The van der Waals surface area contributed by atoms with Gasteiger partial charge in [-0.05, 0) is 29.7 Å². The van der Waals surface area contributed by atoms with E-state index in [1.807, 2.05) is 30.3 Å². The maximum Gasteiger partial charge on any atom is 0.298 e. The molecule has 0 fully saturated rings. The normalized spacial score (nSPS) is 12.7. The van der Waals surface area contributed by atoms with Gasteiger partial charge in [0.2, 0.25) is 17.6 Å². The Kier molecular flexibility index (Phi) is 5.24. The highest BCUT2D eigenvalue weighted by Gasteiger charge is 2.33. The second kappa shape index (κ2) is 8.02. The molecular formula is C22H19FN4O4. The van der Waals surface area contributed by atoms with Crippen LogP contribution in [-0.2, 0) is 24.4 Å². The van der Waals surface area contributed by atoms with Gasteiger partial charge in [0, 0.05) is 6.54 Å². The lowest BCUT2D eigenvalue weighted by molar-refractivity contribution is -0.118. The first-order valence-corrected chi connectivity index (χ1v) is 9.56. The number of halogens is 1. The Bertz CT molecular complexity index is 1240. The molecule has 3 aromatic rings. The molecule has 0 aliphatic carbocycles. The number of nitrogens with zero attached hydrogens (tertiary/aromatic N) is 3. The van der Waals surface area contributed by atoms with E-state index in [0.29, 0.717) is 11.1 Å². The molecule has 9 heteroatoms. The van der Waals surface area contributed by atoms with Crippen LogP contribution < -0.4 is 15.8 Å². The van der Waals surface area contributed by atoms with Crippen LogP contribution in [0.25, 0.3) is 0 Å². The standard InChI is InChI=1S/C22H19FN4O4/c1-13-9-15(7-8-16(13)23)10-24-20(30)18-19(29)21(31)27-12-17(28)26(22(27)25-18)11-14-5-3-2-4-6-14/h2-9,29H,10-12H2,1H3,(H,24,30). The molecule has 1 aromatic heterocycles. The minimum absolute atomic E-state index is 0.000528. The molecule has 8 nitrogen and oxygen atoms in total. The van der Waals surface area contributed by atoms with E-state index in [1.165, 1.54) is 17.0 Å². The fourth-order valence-electron chi connectivity index (χ4n) is 3.38. The van der Waals surface area contributed by atoms with Crippen molar-refractivity contribution in [2.75, 3.05) is 4.90 Å². The number of fused-ring (bicyclic) bond motifs is 1. The van der Waals surface area contributed by atoms with Crippen LogP contribution in [0.15, 0.2) is 53.3 Å².